The van der Waals surface area contributed by atoms with Crippen molar-refractivity contribution < 1.29 is 5.11 Å². The van der Waals surface area contributed by atoms with Crippen molar-refractivity contribution in [1.29, 1.82) is 0 Å². The lowest BCUT2D eigenvalue weighted by molar-refractivity contribution is 0.0649. The van der Waals surface area contributed by atoms with E-state index in [2.05, 4.69) is 18.3 Å². The Morgan fingerprint density at radius 1 is 1.29 bits per heavy atom. The first kappa shape index (κ1) is 11.1. The molecule has 1 rings (SSSR count). The van der Waals surface area contributed by atoms with E-state index in [1.165, 1.54) is 5.56 Å². The van der Waals surface area contributed by atoms with E-state index in [0.29, 0.717) is 0 Å². The molecule has 0 aliphatic heterocycles. The molecule has 0 spiro atoms. The van der Waals surface area contributed by atoms with Gasteiger partial charge in [-0.05, 0) is 39.3 Å². The third-order valence-corrected chi connectivity index (χ3v) is 2.58. The Balaban J connectivity index is 2.75. The molecular weight excluding hydrogens is 174 g/mol. The Morgan fingerprint density at radius 2 is 1.86 bits per heavy atom. The predicted molar refractivity (Wildman–Crippen MR) is 60.6 cm³/mol. The third-order valence-electron chi connectivity index (χ3n) is 2.58. The van der Waals surface area contributed by atoms with Crippen LogP contribution in [-0.4, -0.2) is 16.7 Å². The summed E-state index contributed by atoms with van der Waals surface area (Å²) in [5.74, 6) is 0. The lowest BCUT2D eigenvalue weighted by Gasteiger charge is -2.28. The molecule has 2 N–H and O–H groups in total. The van der Waals surface area contributed by atoms with E-state index in [1.807, 2.05) is 39.0 Å². The molecule has 0 radical (unpaired) electrons. The minimum absolute atomic E-state index is 0.0311. The smallest absolute Gasteiger partial charge is 0.0789 e. The fraction of sp³-hybridized carbons (Fsp3) is 0.500. The second kappa shape index (κ2) is 4.01. The van der Waals surface area contributed by atoms with E-state index in [1.54, 1.807) is 0 Å². The number of aryl methyl sites for hydroxylation is 1. The molecule has 1 aromatic rings. The zero-order chi connectivity index (χ0) is 10.8. The predicted octanol–water partition coefficient (Wildman–Crippen LogP) is 2.57. The van der Waals surface area contributed by atoms with Crippen molar-refractivity contribution in [3.05, 3.63) is 29.8 Å². The Morgan fingerprint density at radius 3 is 2.36 bits per heavy atom. The van der Waals surface area contributed by atoms with Crippen molar-refractivity contribution in [2.75, 3.05) is 5.32 Å². The highest BCUT2D eigenvalue weighted by Crippen LogP contribution is 2.18. The lowest BCUT2D eigenvalue weighted by Crippen LogP contribution is -2.39. The van der Waals surface area contributed by atoms with Gasteiger partial charge in [0.15, 0.2) is 0 Å². The van der Waals surface area contributed by atoms with Crippen LogP contribution in [0, 0.1) is 6.92 Å². The summed E-state index contributed by atoms with van der Waals surface area (Å²) in [6.07, 6.45) is 0. The lowest BCUT2D eigenvalue weighted by atomic mass is 10.00. The van der Waals surface area contributed by atoms with Crippen LogP contribution in [0.2, 0.25) is 0 Å². The standard InChI is InChI=1S/C12H19NO/c1-9-7-5-6-8-11(9)13-10(2)12(3,4)14/h5-8,10,13-14H,1-4H3. The van der Waals surface area contributed by atoms with Gasteiger partial charge in [0.2, 0.25) is 0 Å². The van der Waals surface area contributed by atoms with Gasteiger partial charge in [-0.25, -0.2) is 0 Å². The Bertz CT molecular complexity index is 301. The van der Waals surface area contributed by atoms with Crippen LogP contribution in [0.4, 0.5) is 5.69 Å². The van der Waals surface area contributed by atoms with Crippen LogP contribution in [0.5, 0.6) is 0 Å². The second-order valence-electron chi connectivity index (χ2n) is 4.33. The van der Waals surface area contributed by atoms with E-state index < -0.39 is 5.60 Å². The van der Waals surface area contributed by atoms with Gasteiger partial charge in [-0.2, -0.15) is 0 Å². The fourth-order valence-corrected chi connectivity index (χ4v) is 1.14. The summed E-state index contributed by atoms with van der Waals surface area (Å²) in [7, 11) is 0. The van der Waals surface area contributed by atoms with Crippen LogP contribution < -0.4 is 5.32 Å². The third kappa shape index (κ3) is 2.74. The van der Waals surface area contributed by atoms with Gasteiger partial charge >= 0.3 is 0 Å². The molecule has 0 aliphatic carbocycles. The molecule has 2 heteroatoms. The molecule has 0 amide bonds. The minimum Gasteiger partial charge on any atom is -0.388 e. The number of para-hydroxylation sites is 1. The van der Waals surface area contributed by atoms with Crippen molar-refractivity contribution >= 4 is 5.69 Å². The molecule has 0 fully saturated rings. The topological polar surface area (TPSA) is 32.3 Å². The molecule has 2 nitrogen and oxygen atoms in total. The number of aliphatic hydroxyl groups is 1. The molecule has 14 heavy (non-hydrogen) atoms. The van der Waals surface area contributed by atoms with E-state index in [0.717, 1.165) is 5.69 Å². The summed E-state index contributed by atoms with van der Waals surface area (Å²) in [5, 5.41) is 13.1. The number of benzene rings is 1. The molecule has 0 aliphatic rings. The minimum atomic E-state index is -0.706. The van der Waals surface area contributed by atoms with Crippen LogP contribution in [0.25, 0.3) is 0 Å². The molecule has 1 aromatic carbocycles. The van der Waals surface area contributed by atoms with E-state index in [-0.39, 0.29) is 6.04 Å². The molecule has 0 heterocycles. The number of hydrogen-bond acceptors (Lipinski definition) is 2. The maximum Gasteiger partial charge on any atom is 0.0789 e. The number of anilines is 1. The largest absolute Gasteiger partial charge is 0.388 e. The molecule has 0 saturated heterocycles. The second-order valence-corrected chi connectivity index (χ2v) is 4.33. The number of hydrogen-bond donors (Lipinski definition) is 2. The van der Waals surface area contributed by atoms with Gasteiger partial charge in [0.25, 0.3) is 0 Å². The molecule has 0 aromatic heterocycles. The molecule has 1 unspecified atom stereocenters. The highest BCUT2D eigenvalue weighted by atomic mass is 16.3. The Kier molecular flexibility index (Phi) is 3.17. The summed E-state index contributed by atoms with van der Waals surface area (Å²) >= 11 is 0. The van der Waals surface area contributed by atoms with Crippen LogP contribution in [0.1, 0.15) is 26.3 Å². The molecule has 78 valence electrons. The first-order chi connectivity index (χ1) is 6.41. The van der Waals surface area contributed by atoms with Crippen LogP contribution in [0.15, 0.2) is 24.3 Å². The summed E-state index contributed by atoms with van der Waals surface area (Å²) in [6, 6.07) is 8.11. The van der Waals surface area contributed by atoms with Gasteiger partial charge in [0.05, 0.1) is 11.6 Å². The van der Waals surface area contributed by atoms with Gasteiger partial charge in [-0.1, -0.05) is 18.2 Å². The van der Waals surface area contributed by atoms with Gasteiger partial charge < -0.3 is 10.4 Å². The zero-order valence-electron chi connectivity index (χ0n) is 9.33. The first-order valence-electron chi connectivity index (χ1n) is 4.96. The highest BCUT2D eigenvalue weighted by Gasteiger charge is 2.22. The molecular formula is C12H19NO. The molecule has 1 atom stereocenters. The van der Waals surface area contributed by atoms with Crippen molar-refractivity contribution in [2.45, 2.75) is 39.3 Å². The first-order valence-corrected chi connectivity index (χ1v) is 4.96. The summed E-state index contributed by atoms with van der Waals surface area (Å²) in [6.45, 7) is 7.65. The number of nitrogens with one attached hydrogen (secondary N) is 1. The summed E-state index contributed by atoms with van der Waals surface area (Å²) < 4.78 is 0. The van der Waals surface area contributed by atoms with Gasteiger partial charge in [0.1, 0.15) is 0 Å². The van der Waals surface area contributed by atoms with Gasteiger partial charge in [-0.15, -0.1) is 0 Å². The normalized spacial score (nSPS) is 13.8. The van der Waals surface area contributed by atoms with Crippen LogP contribution in [-0.2, 0) is 0 Å². The Hall–Kier alpha value is -1.02. The zero-order valence-corrected chi connectivity index (χ0v) is 9.33. The monoisotopic (exact) mass is 193 g/mol. The summed E-state index contributed by atoms with van der Waals surface area (Å²) in [5.41, 5.74) is 1.58. The van der Waals surface area contributed by atoms with E-state index in [9.17, 15) is 5.11 Å². The maximum absolute atomic E-state index is 9.78. The van der Waals surface area contributed by atoms with E-state index in [4.69, 9.17) is 0 Å². The van der Waals surface area contributed by atoms with E-state index >= 15 is 0 Å². The van der Waals surface area contributed by atoms with Crippen molar-refractivity contribution in [3.8, 4) is 0 Å². The van der Waals surface area contributed by atoms with Gasteiger partial charge in [-0.3, -0.25) is 0 Å². The average molecular weight is 193 g/mol. The Labute approximate surface area is 86.0 Å². The SMILES string of the molecule is Cc1ccccc1NC(C)C(C)(C)O. The number of rotatable bonds is 3. The maximum atomic E-state index is 9.78. The average Bonchev–Trinajstić information content (AvgIpc) is 2.07. The molecule has 0 saturated carbocycles. The quantitative estimate of drug-likeness (QED) is 0.773. The van der Waals surface area contributed by atoms with Crippen molar-refractivity contribution in [1.82, 2.24) is 0 Å². The van der Waals surface area contributed by atoms with Gasteiger partial charge in [0, 0.05) is 5.69 Å². The summed E-state index contributed by atoms with van der Waals surface area (Å²) in [4.78, 5) is 0. The van der Waals surface area contributed by atoms with Crippen molar-refractivity contribution in [2.24, 2.45) is 0 Å². The van der Waals surface area contributed by atoms with Crippen LogP contribution in [0.3, 0.4) is 0 Å². The fourth-order valence-electron chi connectivity index (χ4n) is 1.14. The van der Waals surface area contributed by atoms with Crippen molar-refractivity contribution in [3.63, 3.8) is 0 Å². The van der Waals surface area contributed by atoms with Crippen LogP contribution >= 0.6 is 0 Å². The highest BCUT2D eigenvalue weighted by molar-refractivity contribution is 5.51. The molecule has 0 bridgehead atoms.